The van der Waals surface area contributed by atoms with E-state index < -0.39 is 0 Å². The van der Waals surface area contributed by atoms with Crippen LogP contribution in [0.25, 0.3) is 0 Å². The van der Waals surface area contributed by atoms with E-state index in [9.17, 15) is 9.59 Å². The summed E-state index contributed by atoms with van der Waals surface area (Å²) in [4.78, 5) is 31.7. The van der Waals surface area contributed by atoms with Crippen molar-refractivity contribution in [1.29, 1.82) is 0 Å². The van der Waals surface area contributed by atoms with Gasteiger partial charge in [0, 0.05) is 30.5 Å². The lowest BCUT2D eigenvalue weighted by atomic mass is 9.99. The van der Waals surface area contributed by atoms with E-state index in [1.807, 2.05) is 49.1 Å². The number of pyridine rings is 1. The van der Waals surface area contributed by atoms with E-state index in [2.05, 4.69) is 22.4 Å². The molecular formula is C24H23N3O2. The summed E-state index contributed by atoms with van der Waals surface area (Å²) in [5.74, 6) is -0.403. The summed E-state index contributed by atoms with van der Waals surface area (Å²) in [5.41, 5.74) is 6.04. The van der Waals surface area contributed by atoms with Crippen molar-refractivity contribution < 1.29 is 9.59 Å². The maximum absolute atomic E-state index is 13.0. The third-order valence-corrected chi connectivity index (χ3v) is 5.51. The Balaban J connectivity index is 1.52. The third kappa shape index (κ3) is 3.90. The number of hydrogen-bond donors (Lipinski definition) is 1. The zero-order valence-electron chi connectivity index (χ0n) is 16.6. The molecule has 0 atom stereocenters. The van der Waals surface area contributed by atoms with Gasteiger partial charge in [0.15, 0.2) is 0 Å². The quantitative estimate of drug-likeness (QED) is 0.737. The summed E-state index contributed by atoms with van der Waals surface area (Å²) >= 11 is 0. The minimum Gasteiger partial charge on any atom is -0.334 e. The number of anilines is 1. The first-order chi connectivity index (χ1) is 14.0. The molecule has 29 heavy (non-hydrogen) atoms. The predicted octanol–water partition coefficient (Wildman–Crippen LogP) is 4.15. The molecule has 0 saturated heterocycles. The van der Waals surface area contributed by atoms with Crippen LogP contribution >= 0.6 is 0 Å². The summed E-state index contributed by atoms with van der Waals surface area (Å²) in [7, 11) is 0. The van der Waals surface area contributed by atoms with Crippen LogP contribution < -0.4 is 5.32 Å². The van der Waals surface area contributed by atoms with Crippen LogP contribution in [0.3, 0.4) is 0 Å². The van der Waals surface area contributed by atoms with E-state index in [-0.39, 0.29) is 17.5 Å². The van der Waals surface area contributed by atoms with Gasteiger partial charge in [-0.15, -0.1) is 0 Å². The Labute approximate surface area is 170 Å². The number of carbonyl (C=O) groups excluding carboxylic acids is 2. The van der Waals surface area contributed by atoms with Gasteiger partial charge < -0.3 is 10.2 Å². The van der Waals surface area contributed by atoms with Crippen LogP contribution in [-0.2, 0) is 13.0 Å². The van der Waals surface area contributed by atoms with Crippen LogP contribution in [0.4, 0.5) is 5.69 Å². The Kier molecular flexibility index (Phi) is 5.12. The standard InChI is InChI=1S/C24H23N3O2/c1-16-6-5-9-21(17(16)2)26-23(28)22-14-19(10-12-25-22)24(29)27-13-11-18-7-3-4-8-20(18)15-27/h3-10,12,14H,11,13,15H2,1-2H3,(H,26,28). The molecule has 1 N–H and O–H groups in total. The molecule has 2 heterocycles. The fourth-order valence-electron chi connectivity index (χ4n) is 3.61. The van der Waals surface area contributed by atoms with Crippen molar-refractivity contribution in [3.8, 4) is 0 Å². The van der Waals surface area contributed by atoms with Crippen molar-refractivity contribution in [2.75, 3.05) is 11.9 Å². The highest BCUT2D eigenvalue weighted by Gasteiger charge is 2.22. The van der Waals surface area contributed by atoms with Crippen LogP contribution in [0.15, 0.2) is 60.8 Å². The Bertz CT molecular complexity index is 1090. The van der Waals surface area contributed by atoms with Gasteiger partial charge in [0.2, 0.25) is 0 Å². The largest absolute Gasteiger partial charge is 0.334 e. The summed E-state index contributed by atoms with van der Waals surface area (Å²) in [6, 6.07) is 17.2. The second-order valence-electron chi connectivity index (χ2n) is 7.38. The molecule has 5 heteroatoms. The zero-order chi connectivity index (χ0) is 20.4. The molecule has 0 aliphatic carbocycles. The summed E-state index contributed by atoms with van der Waals surface area (Å²) in [6.45, 7) is 5.22. The van der Waals surface area contributed by atoms with Crippen LogP contribution in [0.1, 0.15) is 43.1 Å². The lowest BCUT2D eigenvalue weighted by molar-refractivity contribution is 0.0734. The SMILES string of the molecule is Cc1cccc(NC(=O)c2cc(C(=O)N3CCc4ccccc4C3)ccn2)c1C. The average molecular weight is 385 g/mol. The minimum atomic E-state index is -0.322. The normalized spacial score (nSPS) is 13.0. The topological polar surface area (TPSA) is 62.3 Å². The molecule has 0 unspecified atom stereocenters. The lowest BCUT2D eigenvalue weighted by Crippen LogP contribution is -2.36. The number of rotatable bonds is 3. The van der Waals surface area contributed by atoms with E-state index in [4.69, 9.17) is 0 Å². The number of nitrogens with zero attached hydrogens (tertiary/aromatic N) is 2. The molecule has 2 amide bonds. The second-order valence-corrected chi connectivity index (χ2v) is 7.38. The highest BCUT2D eigenvalue weighted by Crippen LogP contribution is 2.21. The van der Waals surface area contributed by atoms with Crippen molar-refractivity contribution in [1.82, 2.24) is 9.88 Å². The van der Waals surface area contributed by atoms with Gasteiger partial charge in [-0.05, 0) is 60.7 Å². The number of carbonyl (C=O) groups is 2. The molecule has 146 valence electrons. The summed E-state index contributed by atoms with van der Waals surface area (Å²) in [5, 5.41) is 2.90. The molecule has 4 rings (SSSR count). The molecule has 1 aliphatic heterocycles. The molecule has 2 aromatic carbocycles. The number of nitrogens with one attached hydrogen (secondary N) is 1. The number of hydrogen-bond acceptors (Lipinski definition) is 3. The average Bonchev–Trinajstić information content (AvgIpc) is 2.76. The Morgan fingerprint density at radius 3 is 2.62 bits per heavy atom. The Morgan fingerprint density at radius 2 is 1.79 bits per heavy atom. The molecule has 0 saturated carbocycles. The monoisotopic (exact) mass is 385 g/mol. The molecule has 0 bridgehead atoms. The van der Waals surface area contributed by atoms with Crippen LogP contribution in [0, 0.1) is 13.8 Å². The first-order valence-corrected chi connectivity index (χ1v) is 9.72. The molecule has 3 aromatic rings. The van der Waals surface area contributed by atoms with E-state index in [0.29, 0.717) is 18.7 Å². The van der Waals surface area contributed by atoms with Gasteiger partial charge in [-0.1, -0.05) is 36.4 Å². The smallest absolute Gasteiger partial charge is 0.274 e. The number of amides is 2. The molecule has 1 aliphatic rings. The third-order valence-electron chi connectivity index (χ3n) is 5.51. The Morgan fingerprint density at radius 1 is 1.00 bits per heavy atom. The van der Waals surface area contributed by atoms with Crippen molar-refractivity contribution >= 4 is 17.5 Å². The first kappa shape index (κ1) is 18.9. The molecule has 0 radical (unpaired) electrons. The number of aryl methyl sites for hydroxylation is 1. The minimum absolute atomic E-state index is 0.0808. The predicted molar refractivity (Wildman–Crippen MR) is 113 cm³/mol. The molecular weight excluding hydrogens is 362 g/mol. The van der Waals surface area contributed by atoms with Crippen LogP contribution in [0.2, 0.25) is 0 Å². The van der Waals surface area contributed by atoms with E-state index in [1.54, 1.807) is 12.1 Å². The fraction of sp³-hybridized carbons (Fsp3) is 0.208. The zero-order valence-corrected chi connectivity index (χ0v) is 16.6. The maximum atomic E-state index is 13.0. The van der Waals surface area contributed by atoms with Gasteiger partial charge in [-0.2, -0.15) is 0 Å². The number of aromatic nitrogens is 1. The van der Waals surface area contributed by atoms with Gasteiger partial charge in [-0.3, -0.25) is 14.6 Å². The van der Waals surface area contributed by atoms with Crippen LogP contribution in [-0.4, -0.2) is 28.2 Å². The molecule has 1 aromatic heterocycles. The molecule has 0 fully saturated rings. The summed E-state index contributed by atoms with van der Waals surface area (Å²) in [6.07, 6.45) is 2.36. The highest BCUT2D eigenvalue weighted by atomic mass is 16.2. The Hall–Kier alpha value is -3.47. The molecule has 5 nitrogen and oxygen atoms in total. The number of fused-ring (bicyclic) bond motifs is 1. The van der Waals surface area contributed by atoms with Crippen LogP contribution in [0.5, 0.6) is 0 Å². The second kappa shape index (κ2) is 7.87. The van der Waals surface area contributed by atoms with Crippen molar-refractivity contribution in [2.45, 2.75) is 26.8 Å². The van der Waals surface area contributed by atoms with Gasteiger partial charge in [0.05, 0.1) is 0 Å². The summed E-state index contributed by atoms with van der Waals surface area (Å²) < 4.78 is 0. The van der Waals surface area contributed by atoms with Crippen molar-refractivity contribution in [3.63, 3.8) is 0 Å². The highest BCUT2D eigenvalue weighted by molar-refractivity contribution is 6.05. The van der Waals surface area contributed by atoms with E-state index >= 15 is 0 Å². The molecule has 0 spiro atoms. The van der Waals surface area contributed by atoms with Gasteiger partial charge in [-0.25, -0.2) is 0 Å². The lowest BCUT2D eigenvalue weighted by Gasteiger charge is -2.29. The van der Waals surface area contributed by atoms with E-state index in [1.165, 1.54) is 17.3 Å². The van der Waals surface area contributed by atoms with Crippen molar-refractivity contribution in [3.05, 3.63) is 94.3 Å². The van der Waals surface area contributed by atoms with E-state index in [0.717, 1.165) is 23.2 Å². The van der Waals surface area contributed by atoms with Gasteiger partial charge in [0.25, 0.3) is 11.8 Å². The van der Waals surface area contributed by atoms with Gasteiger partial charge in [0.1, 0.15) is 5.69 Å². The number of benzene rings is 2. The maximum Gasteiger partial charge on any atom is 0.274 e. The van der Waals surface area contributed by atoms with Gasteiger partial charge >= 0.3 is 0 Å². The fourth-order valence-corrected chi connectivity index (χ4v) is 3.61. The van der Waals surface area contributed by atoms with Crippen molar-refractivity contribution in [2.24, 2.45) is 0 Å². The first-order valence-electron chi connectivity index (χ1n) is 9.72.